The number of aliphatic imine (C=N–C) groups is 1. The first-order valence-electron chi connectivity index (χ1n) is 9.42. The summed E-state index contributed by atoms with van der Waals surface area (Å²) < 4.78 is 5.60. The first kappa shape index (κ1) is 20.1. The summed E-state index contributed by atoms with van der Waals surface area (Å²) in [6.45, 7) is 5.37. The van der Waals surface area contributed by atoms with E-state index in [1.54, 1.807) is 18.4 Å². The number of aryl methyl sites for hydroxylation is 2. The second-order valence-electron chi connectivity index (χ2n) is 6.80. The van der Waals surface area contributed by atoms with Gasteiger partial charge in [0.25, 0.3) is 5.91 Å². The van der Waals surface area contributed by atoms with Gasteiger partial charge in [-0.1, -0.05) is 12.1 Å². The molecule has 7 nitrogen and oxygen atoms in total. The van der Waals surface area contributed by atoms with E-state index >= 15 is 0 Å². The Morgan fingerprint density at radius 1 is 1.29 bits per heavy atom. The molecule has 1 aromatic carbocycles. The molecule has 3 N–H and O–H groups in total. The molecule has 1 aromatic heterocycles. The molecule has 0 saturated heterocycles. The first-order chi connectivity index (χ1) is 13.5. The maximum Gasteiger partial charge on any atom is 0.258 e. The van der Waals surface area contributed by atoms with Gasteiger partial charge >= 0.3 is 0 Å². The van der Waals surface area contributed by atoms with Crippen LogP contribution in [0.25, 0.3) is 0 Å². The number of guanidine groups is 1. The standard InChI is InChI=1S/C20H27N5O2S/c1-13-18(28-14(2)24-13)11-23-20(21-3)22-10-15-5-4-6-17(9-15)27-12-19(26)25-16-7-8-16/h4-6,9,16H,7-8,10-12H2,1-3H3,(H,25,26)(H2,21,22,23). The van der Waals surface area contributed by atoms with Gasteiger partial charge in [-0.3, -0.25) is 9.79 Å². The Morgan fingerprint density at radius 2 is 2.07 bits per heavy atom. The van der Waals surface area contributed by atoms with Gasteiger partial charge in [-0.15, -0.1) is 11.3 Å². The van der Waals surface area contributed by atoms with Gasteiger partial charge in [0.1, 0.15) is 5.75 Å². The van der Waals surface area contributed by atoms with Gasteiger partial charge in [-0.2, -0.15) is 0 Å². The molecule has 1 heterocycles. The zero-order valence-corrected chi connectivity index (χ0v) is 17.4. The van der Waals surface area contributed by atoms with Gasteiger partial charge in [0.15, 0.2) is 12.6 Å². The quantitative estimate of drug-likeness (QED) is 0.467. The molecule has 8 heteroatoms. The van der Waals surface area contributed by atoms with Crippen LogP contribution in [0.15, 0.2) is 29.3 Å². The number of nitrogens with one attached hydrogen (secondary N) is 3. The minimum Gasteiger partial charge on any atom is -0.484 e. The van der Waals surface area contributed by atoms with Crippen LogP contribution in [0.1, 0.15) is 34.0 Å². The maximum absolute atomic E-state index is 11.7. The Balaban J connectivity index is 1.45. The Morgan fingerprint density at radius 3 is 2.75 bits per heavy atom. The van der Waals surface area contributed by atoms with Crippen molar-refractivity contribution < 1.29 is 9.53 Å². The van der Waals surface area contributed by atoms with Crippen LogP contribution >= 0.6 is 11.3 Å². The topological polar surface area (TPSA) is 87.6 Å². The number of nitrogens with zero attached hydrogens (tertiary/aromatic N) is 2. The minimum atomic E-state index is -0.0655. The first-order valence-corrected chi connectivity index (χ1v) is 10.2. The number of carbonyl (C=O) groups excluding carboxylic acids is 1. The highest BCUT2D eigenvalue weighted by Crippen LogP contribution is 2.19. The second kappa shape index (κ2) is 9.54. The van der Waals surface area contributed by atoms with Crippen LogP contribution in [0.5, 0.6) is 5.75 Å². The molecule has 150 valence electrons. The van der Waals surface area contributed by atoms with Crippen LogP contribution in [0.4, 0.5) is 0 Å². The highest BCUT2D eigenvalue weighted by atomic mass is 32.1. The van der Waals surface area contributed by atoms with Gasteiger partial charge in [0, 0.05) is 24.5 Å². The van der Waals surface area contributed by atoms with Crippen molar-refractivity contribution >= 4 is 23.2 Å². The average molecular weight is 402 g/mol. The van der Waals surface area contributed by atoms with Gasteiger partial charge < -0.3 is 20.7 Å². The Kier molecular flexibility index (Phi) is 6.86. The van der Waals surface area contributed by atoms with Gasteiger partial charge in [0.05, 0.1) is 17.2 Å². The predicted octanol–water partition coefficient (Wildman–Crippen LogP) is 2.28. The molecule has 1 saturated carbocycles. The fourth-order valence-electron chi connectivity index (χ4n) is 2.70. The highest BCUT2D eigenvalue weighted by molar-refractivity contribution is 7.11. The van der Waals surface area contributed by atoms with Crippen molar-refractivity contribution in [2.75, 3.05) is 13.7 Å². The molecule has 3 rings (SSSR count). The van der Waals surface area contributed by atoms with E-state index in [2.05, 4.69) is 25.9 Å². The number of carbonyl (C=O) groups is 1. The monoisotopic (exact) mass is 401 g/mol. The number of rotatable bonds is 8. The zero-order chi connectivity index (χ0) is 19.9. The summed E-state index contributed by atoms with van der Waals surface area (Å²) in [6, 6.07) is 8.07. The largest absolute Gasteiger partial charge is 0.484 e. The van der Waals surface area contributed by atoms with E-state index < -0.39 is 0 Å². The number of hydrogen-bond acceptors (Lipinski definition) is 5. The lowest BCUT2D eigenvalue weighted by molar-refractivity contribution is -0.123. The molecule has 0 bridgehead atoms. The molecule has 0 aliphatic heterocycles. The molecular weight excluding hydrogens is 374 g/mol. The Labute approximate surface area is 169 Å². The maximum atomic E-state index is 11.7. The van der Waals surface area contributed by atoms with E-state index in [-0.39, 0.29) is 12.5 Å². The SMILES string of the molecule is CN=C(NCc1cccc(OCC(=O)NC2CC2)c1)NCc1sc(C)nc1C. The summed E-state index contributed by atoms with van der Waals surface area (Å²) in [5, 5.41) is 10.6. The third-order valence-corrected chi connectivity index (χ3v) is 5.38. The summed E-state index contributed by atoms with van der Waals surface area (Å²) in [7, 11) is 1.75. The lowest BCUT2D eigenvalue weighted by Crippen LogP contribution is -2.36. The van der Waals surface area contributed by atoms with Crippen molar-refractivity contribution in [3.8, 4) is 5.75 Å². The number of aromatic nitrogens is 1. The summed E-state index contributed by atoms with van der Waals surface area (Å²) in [6.07, 6.45) is 2.15. The molecular formula is C20H27N5O2S. The van der Waals surface area contributed by atoms with Crippen LogP contribution in [0.3, 0.4) is 0 Å². The van der Waals surface area contributed by atoms with Crippen LogP contribution in [-0.4, -0.2) is 36.5 Å². The Hall–Kier alpha value is -2.61. The molecule has 0 unspecified atom stereocenters. The van der Waals surface area contributed by atoms with Crippen molar-refractivity contribution in [3.05, 3.63) is 45.4 Å². The Bertz CT molecular complexity index is 845. The summed E-state index contributed by atoms with van der Waals surface area (Å²) >= 11 is 1.69. The molecule has 1 aliphatic rings. The fraction of sp³-hybridized carbons (Fsp3) is 0.450. The molecule has 28 heavy (non-hydrogen) atoms. The summed E-state index contributed by atoms with van der Waals surface area (Å²) in [4.78, 5) is 21.7. The van der Waals surface area contributed by atoms with Gasteiger partial charge in [-0.05, 0) is 44.4 Å². The number of hydrogen-bond donors (Lipinski definition) is 3. The fourth-order valence-corrected chi connectivity index (χ4v) is 3.58. The van der Waals surface area contributed by atoms with E-state index in [1.165, 1.54) is 4.88 Å². The van der Waals surface area contributed by atoms with E-state index in [1.807, 2.05) is 38.1 Å². The average Bonchev–Trinajstić information content (AvgIpc) is 3.43. The van der Waals surface area contributed by atoms with Crippen LogP contribution in [0.2, 0.25) is 0 Å². The number of ether oxygens (including phenoxy) is 1. The van der Waals surface area contributed by atoms with E-state index in [0.717, 1.165) is 35.1 Å². The smallest absolute Gasteiger partial charge is 0.258 e. The zero-order valence-electron chi connectivity index (χ0n) is 16.5. The molecule has 0 radical (unpaired) electrons. The van der Waals surface area contributed by atoms with Crippen molar-refractivity contribution in [2.45, 2.75) is 45.8 Å². The molecule has 2 aromatic rings. The lowest BCUT2D eigenvalue weighted by atomic mass is 10.2. The molecule has 0 atom stereocenters. The highest BCUT2D eigenvalue weighted by Gasteiger charge is 2.23. The van der Waals surface area contributed by atoms with Crippen molar-refractivity contribution in [2.24, 2.45) is 4.99 Å². The van der Waals surface area contributed by atoms with Crippen molar-refractivity contribution in [1.29, 1.82) is 0 Å². The molecule has 1 amide bonds. The summed E-state index contributed by atoms with van der Waals surface area (Å²) in [5.74, 6) is 1.34. The third kappa shape index (κ3) is 6.23. The minimum absolute atomic E-state index is 0.0459. The molecule has 0 spiro atoms. The van der Waals surface area contributed by atoms with E-state index in [0.29, 0.717) is 24.9 Å². The third-order valence-electron chi connectivity index (χ3n) is 4.31. The van der Waals surface area contributed by atoms with Gasteiger partial charge in [0.2, 0.25) is 0 Å². The van der Waals surface area contributed by atoms with E-state index in [4.69, 9.17) is 4.74 Å². The lowest BCUT2D eigenvalue weighted by Gasteiger charge is -2.12. The van der Waals surface area contributed by atoms with Crippen LogP contribution < -0.4 is 20.7 Å². The van der Waals surface area contributed by atoms with Crippen molar-refractivity contribution in [1.82, 2.24) is 20.9 Å². The molecule has 1 aliphatic carbocycles. The van der Waals surface area contributed by atoms with Crippen LogP contribution in [-0.2, 0) is 17.9 Å². The second-order valence-corrected chi connectivity index (χ2v) is 8.09. The predicted molar refractivity (Wildman–Crippen MR) is 112 cm³/mol. The van der Waals surface area contributed by atoms with E-state index in [9.17, 15) is 4.79 Å². The van der Waals surface area contributed by atoms with Crippen LogP contribution in [0, 0.1) is 13.8 Å². The number of amides is 1. The summed E-state index contributed by atoms with van der Waals surface area (Å²) in [5.41, 5.74) is 2.11. The number of thiazole rings is 1. The number of benzene rings is 1. The van der Waals surface area contributed by atoms with Crippen molar-refractivity contribution in [3.63, 3.8) is 0 Å². The normalized spacial score (nSPS) is 13.9. The molecule has 1 fully saturated rings. The van der Waals surface area contributed by atoms with Gasteiger partial charge in [-0.25, -0.2) is 4.98 Å².